The molecule has 8 heteroatoms. The molecule has 0 bridgehead atoms. The van der Waals surface area contributed by atoms with Gasteiger partial charge in [0.05, 0.1) is 5.52 Å². The summed E-state index contributed by atoms with van der Waals surface area (Å²) in [5.74, 6) is 1.38. The van der Waals surface area contributed by atoms with Crippen LogP contribution in [0, 0.1) is 0 Å². The van der Waals surface area contributed by atoms with Crippen LogP contribution in [0.15, 0.2) is 34.0 Å². The average Bonchev–Trinajstić information content (AvgIpc) is 3.17. The first-order valence-corrected chi connectivity index (χ1v) is 7.96. The van der Waals surface area contributed by atoms with E-state index in [1.165, 1.54) is 0 Å². The quantitative estimate of drug-likeness (QED) is 0.573. The van der Waals surface area contributed by atoms with Crippen molar-refractivity contribution in [2.24, 2.45) is 0 Å². The van der Waals surface area contributed by atoms with Gasteiger partial charge in [-0.1, -0.05) is 5.16 Å². The van der Waals surface area contributed by atoms with Crippen molar-refractivity contribution in [3.05, 3.63) is 40.8 Å². The highest BCUT2D eigenvalue weighted by molar-refractivity contribution is 5.81. The lowest BCUT2D eigenvalue weighted by Crippen LogP contribution is -2.23. The molecule has 0 radical (unpaired) electrons. The molecule has 1 aliphatic rings. The van der Waals surface area contributed by atoms with E-state index >= 15 is 0 Å². The average molecular weight is 322 g/mol. The summed E-state index contributed by atoms with van der Waals surface area (Å²) >= 11 is 0. The van der Waals surface area contributed by atoms with Crippen LogP contribution >= 0.6 is 0 Å². The monoisotopic (exact) mass is 322 g/mol. The van der Waals surface area contributed by atoms with Crippen molar-refractivity contribution in [2.75, 3.05) is 0 Å². The Morgan fingerprint density at radius 2 is 2.21 bits per heavy atom. The molecule has 0 unspecified atom stereocenters. The highest BCUT2D eigenvalue weighted by atomic mass is 16.5. The molecule has 1 aliphatic carbocycles. The lowest BCUT2D eigenvalue weighted by Gasteiger charge is -2.08. The molecule has 0 saturated heterocycles. The molecule has 0 atom stereocenters. The van der Waals surface area contributed by atoms with Gasteiger partial charge in [0, 0.05) is 18.7 Å². The molecule has 120 valence electrons. The van der Waals surface area contributed by atoms with E-state index in [-0.39, 0.29) is 5.56 Å². The molecule has 1 saturated carbocycles. The highest BCUT2D eigenvalue weighted by Crippen LogP contribution is 2.39. The van der Waals surface area contributed by atoms with E-state index in [4.69, 9.17) is 4.52 Å². The van der Waals surface area contributed by atoms with Gasteiger partial charge in [0.25, 0.3) is 11.4 Å². The molecule has 0 amide bonds. The molecular formula is C16H14N6O2. The second-order valence-corrected chi connectivity index (χ2v) is 5.94. The van der Waals surface area contributed by atoms with Crippen molar-refractivity contribution in [1.82, 2.24) is 29.1 Å². The molecule has 0 aliphatic heterocycles. The summed E-state index contributed by atoms with van der Waals surface area (Å²) in [6.45, 7) is 2.44. The van der Waals surface area contributed by atoms with Crippen LogP contribution in [0.4, 0.5) is 0 Å². The molecule has 4 aromatic heterocycles. The fourth-order valence-electron chi connectivity index (χ4n) is 3.03. The third-order valence-corrected chi connectivity index (χ3v) is 4.40. The lowest BCUT2D eigenvalue weighted by molar-refractivity contribution is 0.422. The molecule has 24 heavy (non-hydrogen) atoms. The van der Waals surface area contributed by atoms with Gasteiger partial charge in [0.2, 0.25) is 0 Å². The van der Waals surface area contributed by atoms with E-state index in [1.54, 1.807) is 21.5 Å². The third kappa shape index (κ3) is 1.76. The number of fused-ring (bicyclic) bond motifs is 3. The number of hydrogen-bond donors (Lipinski definition) is 0. The summed E-state index contributed by atoms with van der Waals surface area (Å²) < 4.78 is 8.73. The smallest absolute Gasteiger partial charge is 0.278 e. The Hall–Kier alpha value is -3.03. The maximum Gasteiger partial charge on any atom is 0.278 e. The van der Waals surface area contributed by atoms with Gasteiger partial charge in [-0.3, -0.25) is 13.8 Å². The Balaban J connectivity index is 1.84. The summed E-state index contributed by atoms with van der Waals surface area (Å²) in [4.78, 5) is 26.1. The minimum Gasteiger partial charge on any atom is -0.332 e. The summed E-state index contributed by atoms with van der Waals surface area (Å²) in [7, 11) is 0. The van der Waals surface area contributed by atoms with E-state index in [2.05, 4.69) is 20.1 Å². The molecule has 0 aromatic carbocycles. The standard InChI is InChI=1S/C16H14N6O2/c1-2-21-14-10(4-3-7-17-14)22-8-18-11(12(22)16(21)23)15-19-13(20-24-15)9-5-6-9/h3-4,7-9H,2,5-6H2,1H3. The van der Waals surface area contributed by atoms with E-state index in [0.717, 1.165) is 18.4 Å². The number of pyridine rings is 1. The Morgan fingerprint density at radius 1 is 1.33 bits per heavy atom. The fraction of sp³-hybridized carbons (Fsp3) is 0.312. The first kappa shape index (κ1) is 13.4. The van der Waals surface area contributed by atoms with Crippen molar-refractivity contribution in [3.8, 4) is 11.6 Å². The molecule has 8 nitrogen and oxygen atoms in total. The first-order chi connectivity index (χ1) is 11.8. The third-order valence-electron chi connectivity index (χ3n) is 4.40. The van der Waals surface area contributed by atoms with Crippen LogP contribution in [0.25, 0.3) is 28.3 Å². The Morgan fingerprint density at radius 3 is 3.00 bits per heavy atom. The zero-order valence-electron chi connectivity index (χ0n) is 13.0. The van der Waals surface area contributed by atoms with Gasteiger partial charge in [-0.2, -0.15) is 4.98 Å². The molecule has 4 aromatic rings. The lowest BCUT2D eigenvalue weighted by atomic mass is 10.3. The van der Waals surface area contributed by atoms with Gasteiger partial charge in [0.1, 0.15) is 11.8 Å². The molecule has 4 heterocycles. The van der Waals surface area contributed by atoms with E-state index in [1.807, 2.05) is 19.1 Å². The minimum absolute atomic E-state index is 0.164. The molecule has 0 N–H and O–H groups in total. The van der Waals surface area contributed by atoms with Crippen LogP contribution in [0.1, 0.15) is 31.5 Å². The Kier molecular flexibility index (Phi) is 2.64. The molecular weight excluding hydrogens is 308 g/mol. The summed E-state index contributed by atoms with van der Waals surface area (Å²) in [6.07, 6.45) is 5.46. The van der Waals surface area contributed by atoms with Gasteiger partial charge in [-0.25, -0.2) is 9.97 Å². The van der Waals surface area contributed by atoms with Crippen LogP contribution in [-0.2, 0) is 6.54 Å². The normalized spacial score (nSPS) is 14.7. The maximum atomic E-state index is 13.0. The second-order valence-electron chi connectivity index (χ2n) is 5.94. The Labute approximate surface area is 135 Å². The van der Waals surface area contributed by atoms with E-state index < -0.39 is 0 Å². The van der Waals surface area contributed by atoms with E-state index in [9.17, 15) is 4.79 Å². The number of aryl methyl sites for hydroxylation is 1. The minimum atomic E-state index is -0.164. The van der Waals surface area contributed by atoms with Crippen LogP contribution in [-0.4, -0.2) is 29.1 Å². The first-order valence-electron chi connectivity index (χ1n) is 7.96. The number of imidazole rings is 1. The SMILES string of the molecule is CCn1c(=O)c2c(-c3nc(C4CC4)no3)ncn2c2cccnc21. The molecule has 5 rings (SSSR count). The summed E-state index contributed by atoms with van der Waals surface area (Å²) in [6, 6.07) is 3.75. The zero-order valence-corrected chi connectivity index (χ0v) is 13.0. The largest absolute Gasteiger partial charge is 0.332 e. The number of rotatable bonds is 3. The van der Waals surface area contributed by atoms with Gasteiger partial charge < -0.3 is 4.52 Å². The van der Waals surface area contributed by atoms with Gasteiger partial charge in [-0.05, 0) is 31.9 Å². The van der Waals surface area contributed by atoms with Crippen LogP contribution in [0.5, 0.6) is 0 Å². The maximum absolute atomic E-state index is 13.0. The van der Waals surface area contributed by atoms with Crippen LogP contribution in [0.3, 0.4) is 0 Å². The van der Waals surface area contributed by atoms with Crippen LogP contribution < -0.4 is 5.56 Å². The van der Waals surface area contributed by atoms with Gasteiger partial charge in [0.15, 0.2) is 17.2 Å². The Bertz CT molecular complexity index is 1130. The number of hydrogen-bond acceptors (Lipinski definition) is 6. The van der Waals surface area contributed by atoms with Crippen molar-refractivity contribution in [1.29, 1.82) is 0 Å². The molecule has 0 spiro atoms. The number of nitrogens with zero attached hydrogens (tertiary/aromatic N) is 6. The predicted octanol–water partition coefficient (Wildman–Crippen LogP) is 1.99. The van der Waals surface area contributed by atoms with Crippen molar-refractivity contribution >= 4 is 16.7 Å². The van der Waals surface area contributed by atoms with E-state index in [0.29, 0.717) is 41.0 Å². The van der Waals surface area contributed by atoms with Crippen molar-refractivity contribution in [2.45, 2.75) is 32.2 Å². The second kappa shape index (κ2) is 4.73. The van der Waals surface area contributed by atoms with Crippen LogP contribution in [0.2, 0.25) is 0 Å². The topological polar surface area (TPSA) is 91.1 Å². The summed E-state index contributed by atoms with van der Waals surface area (Å²) in [5.41, 5.74) is 2.14. The van der Waals surface area contributed by atoms with Crippen molar-refractivity contribution in [3.63, 3.8) is 0 Å². The number of aromatic nitrogens is 6. The van der Waals surface area contributed by atoms with Gasteiger partial charge >= 0.3 is 0 Å². The summed E-state index contributed by atoms with van der Waals surface area (Å²) in [5, 5.41) is 4.02. The van der Waals surface area contributed by atoms with Crippen molar-refractivity contribution < 1.29 is 4.52 Å². The zero-order chi connectivity index (χ0) is 16.3. The predicted molar refractivity (Wildman–Crippen MR) is 85.7 cm³/mol. The fourth-order valence-corrected chi connectivity index (χ4v) is 3.03. The highest BCUT2D eigenvalue weighted by Gasteiger charge is 2.30. The van der Waals surface area contributed by atoms with Gasteiger partial charge in [-0.15, -0.1) is 0 Å². The molecule has 1 fully saturated rings.